The molecule has 0 radical (unpaired) electrons. The molecular weight excluding hydrogens is 344 g/mol. The molecule has 1 saturated heterocycles. The van der Waals surface area contributed by atoms with Gasteiger partial charge in [-0.3, -0.25) is 4.79 Å². The topological polar surface area (TPSA) is 67.9 Å². The summed E-state index contributed by atoms with van der Waals surface area (Å²) in [5, 5.41) is 3.10. The van der Waals surface area contributed by atoms with Crippen LogP contribution in [0, 0.1) is 12.8 Å². The Bertz CT molecular complexity index is 673. The zero-order chi connectivity index (χ0) is 20.2. The molecular formula is C21H32N2O4. The number of nitrogens with zero attached hydrogens (tertiary/aromatic N) is 1. The Balaban J connectivity index is 1.91. The molecule has 1 fully saturated rings. The molecule has 0 unspecified atom stereocenters. The number of rotatable bonds is 4. The van der Waals surface area contributed by atoms with Crippen LogP contribution in [0.4, 0.5) is 4.79 Å². The average Bonchev–Trinajstić information content (AvgIpc) is 2.60. The monoisotopic (exact) mass is 376 g/mol. The van der Waals surface area contributed by atoms with Crippen molar-refractivity contribution in [2.24, 2.45) is 5.92 Å². The first-order valence-electron chi connectivity index (χ1n) is 9.53. The van der Waals surface area contributed by atoms with Crippen molar-refractivity contribution >= 4 is 12.0 Å². The summed E-state index contributed by atoms with van der Waals surface area (Å²) in [4.78, 5) is 26.5. The third-order valence-electron chi connectivity index (χ3n) is 4.73. The van der Waals surface area contributed by atoms with Gasteiger partial charge in [0.25, 0.3) is 0 Å². The maximum atomic E-state index is 12.7. The lowest BCUT2D eigenvalue weighted by atomic mass is 9.95. The second-order valence-electron chi connectivity index (χ2n) is 8.22. The Hall–Kier alpha value is -2.24. The van der Waals surface area contributed by atoms with Crippen LogP contribution in [0.5, 0.6) is 5.75 Å². The molecule has 6 nitrogen and oxygen atoms in total. The first-order valence-corrected chi connectivity index (χ1v) is 9.53. The van der Waals surface area contributed by atoms with Gasteiger partial charge < -0.3 is 19.7 Å². The van der Waals surface area contributed by atoms with E-state index in [1.165, 1.54) is 0 Å². The van der Waals surface area contributed by atoms with E-state index in [2.05, 4.69) is 5.32 Å². The van der Waals surface area contributed by atoms with Crippen LogP contribution in [-0.2, 0) is 9.53 Å². The van der Waals surface area contributed by atoms with Gasteiger partial charge in [-0.15, -0.1) is 0 Å². The Kier molecular flexibility index (Phi) is 6.73. The lowest BCUT2D eigenvalue weighted by Crippen LogP contribution is -2.45. The van der Waals surface area contributed by atoms with Crippen LogP contribution in [0.1, 0.15) is 57.7 Å². The fourth-order valence-electron chi connectivity index (χ4n) is 3.25. The Morgan fingerprint density at radius 1 is 1.22 bits per heavy atom. The summed E-state index contributed by atoms with van der Waals surface area (Å²) in [7, 11) is 1.63. The van der Waals surface area contributed by atoms with E-state index in [4.69, 9.17) is 9.47 Å². The van der Waals surface area contributed by atoms with E-state index < -0.39 is 5.60 Å². The number of benzene rings is 1. The minimum absolute atomic E-state index is 0.0231. The summed E-state index contributed by atoms with van der Waals surface area (Å²) in [6, 6.07) is 5.81. The van der Waals surface area contributed by atoms with Crippen molar-refractivity contribution in [3.63, 3.8) is 0 Å². The fraction of sp³-hybridized carbons (Fsp3) is 0.619. The van der Waals surface area contributed by atoms with Crippen molar-refractivity contribution in [1.29, 1.82) is 0 Å². The van der Waals surface area contributed by atoms with E-state index in [0.29, 0.717) is 25.9 Å². The van der Waals surface area contributed by atoms with Crippen LogP contribution in [0.3, 0.4) is 0 Å². The summed E-state index contributed by atoms with van der Waals surface area (Å²) in [6.07, 6.45) is 0.977. The highest BCUT2D eigenvalue weighted by Crippen LogP contribution is 2.27. The maximum Gasteiger partial charge on any atom is 0.410 e. The van der Waals surface area contributed by atoms with E-state index in [1.54, 1.807) is 12.0 Å². The minimum Gasteiger partial charge on any atom is -0.496 e. The molecule has 0 spiro atoms. The van der Waals surface area contributed by atoms with E-state index in [9.17, 15) is 9.59 Å². The highest BCUT2D eigenvalue weighted by atomic mass is 16.6. The number of nitrogens with one attached hydrogen (secondary N) is 1. The van der Waals surface area contributed by atoms with E-state index in [1.807, 2.05) is 52.8 Å². The molecule has 0 aliphatic carbocycles. The van der Waals surface area contributed by atoms with Crippen LogP contribution in [0.2, 0.25) is 0 Å². The van der Waals surface area contributed by atoms with E-state index in [-0.39, 0.29) is 24.0 Å². The molecule has 0 bridgehead atoms. The molecule has 27 heavy (non-hydrogen) atoms. The summed E-state index contributed by atoms with van der Waals surface area (Å²) >= 11 is 0. The molecule has 1 aliphatic heterocycles. The van der Waals surface area contributed by atoms with Crippen molar-refractivity contribution in [3.8, 4) is 5.75 Å². The number of piperidine rings is 1. The van der Waals surface area contributed by atoms with Crippen molar-refractivity contribution in [1.82, 2.24) is 10.2 Å². The van der Waals surface area contributed by atoms with Crippen LogP contribution < -0.4 is 10.1 Å². The largest absolute Gasteiger partial charge is 0.496 e. The van der Waals surface area contributed by atoms with Crippen molar-refractivity contribution in [3.05, 3.63) is 29.3 Å². The van der Waals surface area contributed by atoms with Crippen LogP contribution >= 0.6 is 0 Å². The summed E-state index contributed by atoms with van der Waals surface area (Å²) in [6.45, 7) is 10.6. The Morgan fingerprint density at radius 3 is 2.41 bits per heavy atom. The number of amides is 2. The highest BCUT2D eigenvalue weighted by molar-refractivity contribution is 5.79. The van der Waals surface area contributed by atoms with Gasteiger partial charge in [0.1, 0.15) is 11.4 Å². The van der Waals surface area contributed by atoms with Gasteiger partial charge in [0.2, 0.25) is 5.91 Å². The maximum absolute atomic E-state index is 12.7. The zero-order valence-corrected chi connectivity index (χ0v) is 17.3. The predicted molar refractivity (Wildman–Crippen MR) is 105 cm³/mol. The van der Waals surface area contributed by atoms with Gasteiger partial charge in [-0.05, 0) is 53.5 Å². The van der Waals surface area contributed by atoms with Gasteiger partial charge >= 0.3 is 6.09 Å². The molecule has 1 aliphatic rings. The normalized spacial score (nSPS) is 16.6. The average molecular weight is 376 g/mol. The SMILES string of the molecule is COc1ccc(C)cc1[C@@H](C)NC(=O)C1CCN(C(=O)OC(C)(C)C)CC1. The third kappa shape index (κ3) is 5.88. The van der Waals surface area contributed by atoms with Gasteiger partial charge in [-0.2, -0.15) is 0 Å². The second-order valence-corrected chi connectivity index (χ2v) is 8.22. The smallest absolute Gasteiger partial charge is 0.410 e. The molecule has 1 heterocycles. The standard InChI is InChI=1S/C21H32N2O4/c1-14-7-8-18(26-6)17(13-14)15(2)22-19(24)16-9-11-23(12-10-16)20(25)27-21(3,4)5/h7-8,13,15-16H,9-12H2,1-6H3,(H,22,24)/t15-/m1/s1. The molecule has 2 rings (SSSR count). The number of carbonyl (C=O) groups is 2. The first kappa shape index (κ1) is 21.1. The fourth-order valence-corrected chi connectivity index (χ4v) is 3.25. The van der Waals surface area contributed by atoms with Crippen molar-refractivity contribution in [2.45, 2.75) is 59.1 Å². The molecule has 1 aromatic rings. The Morgan fingerprint density at radius 2 is 1.85 bits per heavy atom. The number of carbonyl (C=O) groups excluding carboxylic acids is 2. The second kappa shape index (κ2) is 8.63. The van der Waals surface area contributed by atoms with Crippen LogP contribution in [-0.4, -0.2) is 42.7 Å². The van der Waals surface area contributed by atoms with E-state index in [0.717, 1.165) is 16.9 Å². The number of likely N-dealkylation sites (tertiary alicyclic amines) is 1. The van der Waals surface area contributed by atoms with Gasteiger partial charge in [-0.25, -0.2) is 4.79 Å². The zero-order valence-electron chi connectivity index (χ0n) is 17.3. The van der Waals surface area contributed by atoms with Gasteiger partial charge in [0.05, 0.1) is 13.2 Å². The molecule has 1 atom stereocenters. The van der Waals surface area contributed by atoms with Gasteiger partial charge in [-0.1, -0.05) is 17.7 Å². The third-order valence-corrected chi connectivity index (χ3v) is 4.73. The summed E-state index contributed by atoms with van der Waals surface area (Å²) < 4.78 is 10.8. The van der Waals surface area contributed by atoms with Gasteiger partial charge in [0, 0.05) is 24.6 Å². The van der Waals surface area contributed by atoms with Crippen LogP contribution in [0.25, 0.3) is 0 Å². The number of hydrogen-bond acceptors (Lipinski definition) is 4. The molecule has 1 aromatic carbocycles. The number of hydrogen-bond donors (Lipinski definition) is 1. The number of methoxy groups -OCH3 is 1. The lowest BCUT2D eigenvalue weighted by molar-refractivity contribution is -0.127. The minimum atomic E-state index is -0.506. The highest BCUT2D eigenvalue weighted by Gasteiger charge is 2.30. The van der Waals surface area contributed by atoms with Crippen molar-refractivity contribution in [2.75, 3.05) is 20.2 Å². The molecule has 0 saturated carbocycles. The van der Waals surface area contributed by atoms with E-state index >= 15 is 0 Å². The molecule has 6 heteroatoms. The summed E-state index contributed by atoms with van der Waals surface area (Å²) in [5.41, 5.74) is 1.59. The first-order chi connectivity index (χ1) is 12.6. The molecule has 2 amide bonds. The quantitative estimate of drug-likeness (QED) is 0.867. The van der Waals surface area contributed by atoms with Gasteiger partial charge in [0.15, 0.2) is 0 Å². The molecule has 150 valence electrons. The lowest BCUT2D eigenvalue weighted by Gasteiger charge is -2.33. The predicted octanol–water partition coefficient (Wildman–Crippen LogP) is 3.83. The van der Waals surface area contributed by atoms with Crippen LogP contribution in [0.15, 0.2) is 18.2 Å². The molecule has 0 aromatic heterocycles. The Labute approximate surface area is 162 Å². The number of aryl methyl sites for hydroxylation is 1. The molecule has 1 N–H and O–H groups in total. The summed E-state index contributed by atoms with van der Waals surface area (Å²) in [5.74, 6) is 0.699. The van der Waals surface area contributed by atoms with Crippen molar-refractivity contribution < 1.29 is 19.1 Å². The number of ether oxygens (including phenoxy) is 2.